The Morgan fingerprint density at radius 1 is 1.44 bits per heavy atom. The molecule has 1 aromatic rings. The van der Waals surface area contributed by atoms with Gasteiger partial charge in [-0.3, -0.25) is 4.79 Å². The molecule has 3 unspecified atom stereocenters. The van der Waals surface area contributed by atoms with Crippen molar-refractivity contribution in [3.63, 3.8) is 0 Å². The summed E-state index contributed by atoms with van der Waals surface area (Å²) in [6.45, 7) is 4.39. The van der Waals surface area contributed by atoms with E-state index in [4.69, 9.17) is 5.11 Å². The zero-order chi connectivity index (χ0) is 11.7. The third kappa shape index (κ3) is 2.11. The van der Waals surface area contributed by atoms with Gasteiger partial charge in [-0.05, 0) is 35.8 Å². The Morgan fingerprint density at radius 3 is 2.50 bits per heavy atom. The number of carboxylic acids is 1. The highest BCUT2D eigenvalue weighted by Crippen LogP contribution is 2.47. The summed E-state index contributed by atoms with van der Waals surface area (Å²) in [7, 11) is 0. The zero-order valence-corrected chi connectivity index (χ0v) is 9.81. The van der Waals surface area contributed by atoms with Crippen LogP contribution in [0.15, 0.2) is 24.3 Å². The second kappa shape index (κ2) is 4.28. The molecule has 0 spiro atoms. The Bertz CT molecular complexity index is 380. The average Bonchev–Trinajstić information content (AvgIpc) is 3.08. The van der Waals surface area contributed by atoms with Crippen molar-refractivity contribution in [2.24, 2.45) is 5.92 Å². The summed E-state index contributed by atoms with van der Waals surface area (Å²) < 4.78 is 0. The minimum atomic E-state index is -0.656. The molecule has 0 saturated heterocycles. The van der Waals surface area contributed by atoms with E-state index in [0.717, 1.165) is 12.8 Å². The van der Waals surface area contributed by atoms with Crippen LogP contribution >= 0.6 is 0 Å². The number of hydrogen-bond acceptors (Lipinski definition) is 1. The molecular weight excluding hydrogens is 200 g/mol. The first-order valence-corrected chi connectivity index (χ1v) is 5.96. The third-order valence-electron chi connectivity index (χ3n) is 3.65. The Balaban J connectivity index is 2.06. The molecule has 0 heterocycles. The van der Waals surface area contributed by atoms with Gasteiger partial charge in [0.1, 0.15) is 0 Å². The highest BCUT2D eigenvalue weighted by Gasteiger charge is 2.43. The van der Waals surface area contributed by atoms with Gasteiger partial charge in [-0.2, -0.15) is 0 Å². The van der Waals surface area contributed by atoms with Crippen molar-refractivity contribution in [3.8, 4) is 0 Å². The van der Waals surface area contributed by atoms with E-state index in [1.165, 1.54) is 11.1 Å². The Hall–Kier alpha value is -1.31. The van der Waals surface area contributed by atoms with Crippen LogP contribution in [0.25, 0.3) is 0 Å². The smallest absolute Gasteiger partial charge is 0.307 e. The lowest BCUT2D eigenvalue weighted by Crippen LogP contribution is -1.99. The van der Waals surface area contributed by atoms with E-state index in [1.807, 2.05) is 0 Å². The van der Waals surface area contributed by atoms with Gasteiger partial charge in [-0.1, -0.05) is 38.1 Å². The van der Waals surface area contributed by atoms with Crippen LogP contribution < -0.4 is 0 Å². The lowest BCUT2D eigenvalue weighted by Gasteiger charge is -2.09. The SMILES string of the molecule is CCC(C)c1ccc(C2CC2C(=O)O)cc1. The van der Waals surface area contributed by atoms with E-state index in [1.54, 1.807) is 0 Å². The molecule has 2 heteroatoms. The number of benzene rings is 1. The topological polar surface area (TPSA) is 37.3 Å². The number of rotatable bonds is 4. The molecule has 2 nitrogen and oxygen atoms in total. The van der Waals surface area contributed by atoms with Crippen LogP contribution in [-0.4, -0.2) is 11.1 Å². The molecule has 1 fully saturated rings. The standard InChI is InChI=1S/C14H18O2/c1-3-9(2)10-4-6-11(7-5-10)12-8-13(12)14(15)16/h4-7,9,12-13H,3,8H2,1-2H3,(H,15,16). The van der Waals surface area contributed by atoms with Crippen molar-refractivity contribution in [2.75, 3.05) is 0 Å². The van der Waals surface area contributed by atoms with E-state index < -0.39 is 5.97 Å². The number of carboxylic acid groups (broad SMARTS) is 1. The normalized spacial score (nSPS) is 25.1. The Labute approximate surface area is 96.3 Å². The van der Waals surface area contributed by atoms with Gasteiger partial charge >= 0.3 is 5.97 Å². The summed E-state index contributed by atoms with van der Waals surface area (Å²) in [4.78, 5) is 10.8. The third-order valence-corrected chi connectivity index (χ3v) is 3.65. The van der Waals surface area contributed by atoms with Gasteiger partial charge in [0.25, 0.3) is 0 Å². The maximum absolute atomic E-state index is 10.8. The van der Waals surface area contributed by atoms with Gasteiger partial charge < -0.3 is 5.11 Å². The lowest BCUT2D eigenvalue weighted by atomic mass is 9.96. The van der Waals surface area contributed by atoms with E-state index in [9.17, 15) is 4.79 Å². The second-order valence-electron chi connectivity index (χ2n) is 4.76. The van der Waals surface area contributed by atoms with Crippen LogP contribution in [0.4, 0.5) is 0 Å². The van der Waals surface area contributed by atoms with Crippen LogP contribution in [0.2, 0.25) is 0 Å². The fourth-order valence-corrected chi connectivity index (χ4v) is 2.14. The summed E-state index contributed by atoms with van der Waals surface area (Å²) >= 11 is 0. The van der Waals surface area contributed by atoms with Crippen molar-refractivity contribution in [2.45, 2.75) is 38.5 Å². The number of hydrogen-bond donors (Lipinski definition) is 1. The van der Waals surface area contributed by atoms with Crippen LogP contribution in [0, 0.1) is 5.92 Å². The highest BCUT2D eigenvalue weighted by atomic mass is 16.4. The first kappa shape index (κ1) is 11.2. The minimum absolute atomic E-state index is 0.144. The molecule has 1 aromatic carbocycles. The summed E-state index contributed by atoms with van der Waals surface area (Å²) in [6.07, 6.45) is 1.94. The number of aliphatic carboxylic acids is 1. The van der Waals surface area contributed by atoms with Gasteiger partial charge in [0, 0.05) is 0 Å². The molecule has 0 amide bonds. The van der Waals surface area contributed by atoms with E-state index in [0.29, 0.717) is 5.92 Å². The maximum Gasteiger partial charge on any atom is 0.307 e. The van der Waals surface area contributed by atoms with E-state index >= 15 is 0 Å². The predicted octanol–water partition coefficient (Wildman–Crippen LogP) is 3.39. The summed E-state index contributed by atoms with van der Waals surface area (Å²) in [5, 5.41) is 8.87. The zero-order valence-electron chi connectivity index (χ0n) is 9.81. The molecule has 1 N–H and O–H groups in total. The monoisotopic (exact) mass is 218 g/mol. The maximum atomic E-state index is 10.8. The number of carbonyl (C=O) groups is 1. The molecule has 0 aromatic heterocycles. The van der Waals surface area contributed by atoms with Crippen molar-refractivity contribution in [3.05, 3.63) is 35.4 Å². The van der Waals surface area contributed by atoms with Crippen molar-refractivity contribution in [1.82, 2.24) is 0 Å². The van der Waals surface area contributed by atoms with Gasteiger partial charge in [0.15, 0.2) is 0 Å². The molecule has 86 valence electrons. The molecule has 0 radical (unpaired) electrons. The quantitative estimate of drug-likeness (QED) is 0.841. The van der Waals surface area contributed by atoms with Crippen molar-refractivity contribution >= 4 is 5.97 Å². The fourth-order valence-electron chi connectivity index (χ4n) is 2.14. The molecular formula is C14H18O2. The lowest BCUT2D eigenvalue weighted by molar-refractivity contribution is -0.138. The summed E-state index contributed by atoms with van der Waals surface area (Å²) in [6, 6.07) is 8.46. The average molecular weight is 218 g/mol. The summed E-state index contributed by atoms with van der Waals surface area (Å²) in [5.41, 5.74) is 2.53. The van der Waals surface area contributed by atoms with Crippen LogP contribution in [0.5, 0.6) is 0 Å². The second-order valence-corrected chi connectivity index (χ2v) is 4.76. The van der Waals surface area contributed by atoms with Gasteiger partial charge in [0.05, 0.1) is 5.92 Å². The first-order chi connectivity index (χ1) is 7.63. The Kier molecular flexibility index (Phi) is 2.99. The molecule has 3 atom stereocenters. The fraction of sp³-hybridized carbons (Fsp3) is 0.500. The van der Waals surface area contributed by atoms with E-state index in [2.05, 4.69) is 38.1 Å². The first-order valence-electron chi connectivity index (χ1n) is 5.96. The summed E-state index contributed by atoms with van der Waals surface area (Å²) in [5.74, 6) is 0.0393. The minimum Gasteiger partial charge on any atom is -0.481 e. The van der Waals surface area contributed by atoms with Gasteiger partial charge in [-0.15, -0.1) is 0 Å². The molecule has 2 rings (SSSR count). The molecule has 0 bridgehead atoms. The van der Waals surface area contributed by atoms with Crippen molar-refractivity contribution < 1.29 is 9.90 Å². The molecule has 1 aliphatic carbocycles. The van der Waals surface area contributed by atoms with Gasteiger partial charge in [0.2, 0.25) is 0 Å². The highest BCUT2D eigenvalue weighted by molar-refractivity contribution is 5.75. The van der Waals surface area contributed by atoms with Crippen LogP contribution in [0.3, 0.4) is 0 Å². The Morgan fingerprint density at radius 2 is 2.06 bits per heavy atom. The van der Waals surface area contributed by atoms with Crippen LogP contribution in [0.1, 0.15) is 49.7 Å². The van der Waals surface area contributed by atoms with E-state index in [-0.39, 0.29) is 11.8 Å². The van der Waals surface area contributed by atoms with Crippen molar-refractivity contribution in [1.29, 1.82) is 0 Å². The molecule has 1 aliphatic rings. The molecule has 0 aliphatic heterocycles. The predicted molar refractivity (Wildman–Crippen MR) is 63.6 cm³/mol. The largest absolute Gasteiger partial charge is 0.481 e. The molecule has 16 heavy (non-hydrogen) atoms. The van der Waals surface area contributed by atoms with Gasteiger partial charge in [-0.25, -0.2) is 0 Å². The molecule has 1 saturated carbocycles. The van der Waals surface area contributed by atoms with Crippen LogP contribution in [-0.2, 0) is 4.79 Å².